The molecule has 4 heterocycles. The highest BCUT2D eigenvalue weighted by molar-refractivity contribution is 6.03. The van der Waals surface area contributed by atoms with Crippen LogP contribution in [0, 0.1) is 5.92 Å². The Kier molecular flexibility index (Phi) is 6.20. The molecular weight excluding hydrogens is 438 g/mol. The highest BCUT2D eigenvalue weighted by Gasteiger charge is 2.29. The van der Waals surface area contributed by atoms with Crippen LogP contribution in [0.15, 0.2) is 29.2 Å². The summed E-state index contributed by atoms with van der Waals surface area (Å²) in [6.07, 6.45) is 6.67. The number of H-pyrrole nitrogens is 1. The molecular formula is C27H38N7O+. The lowest BCUT2D eigenvalue weighted by Crippen LogP contribution is -2.49. The summed E-state index contributed by atoms with van der Waals surface area (Å²) >= 11 is 0. The van der Waals surface area contributed by atoms with Crippen LogP contribution in [0.3, 0.4) is 0 Å². The molecule has 1 saturated carbocycles. The van der Waals surface area contributed by atoms with Gasteiger partial charge in [0, 0.05) is 51.2 Å². The number of piperidine rings is 1. The molecule has 3 fully saturated rings. The summed E-state index contributed by atoms with van der Waals surface area (Å²) in [6.45, 7) is 8.29. The van der Waals surface area contributed by atoms with Crippen LogP contribution in [-0.2, 0) is 6.54 Å². The van der Waals surface area contributed by atoms with Crippen LogP contribution < -0.4 is 15.4 Å². The van der Waals surface area contributed by atoms with Gasteiger partial charge in [-0.25, -0.2) is 4.57 Å². The van der Waals surface area contributed by atoms with E-state index >= 15 is 0 Å². The fourth-order valence-corrected chi connectivity index (χ4v) is 5.66. The monoisotopic (exact) mass is 476 g/mol. The van der Waals surface area contributed by atoms with Gasteiger partial charge in [0.1, 0.15) is 6.20 Å². The second-order valence-corrected chi connectivity index (χ2v) is 11.0. The number of piperazine rings is 1. The average Bonchev–Trinajstić information content (AvgIpc) is 3.69. The highest BCUT2D eigenvalue weighted by atomic mass is 16.1. The van der Waals surface area contributed by atoms with E-state index in [1.165, 1.54) is 18.4 Å². The number of hydrogen-bond donors (Lipinski definition) is 2. The first-order valence-corrected chi connectivity index (χ1v) is 13.3. The molecule has 3 aliphatic rings. The molecule has 0 radical (unpaired) electrons. The standard InChI is InChI=1S/C27H37N7O/c1-31-9-7-21(8-10-31)34-25-24(17-29-27(34)28-16-19-3-4-19)22-6-5-20(15-23(22)26(35)30-25)18-33-13-11-32(2)12-14-33/h5-6,15,17,19,21H,3-4,7-14,16,18H2,1-2H3,(H,28,29,30,35)/p+1. The van der Waals surface area contributed by atoms with Crippen molar-refractivity contribution in [3.63, 3.8) is 0 Å². The minimum Gasteiger partial charge on any atom is -0.306 e. The predicted octanol–water partition coefficient (Wildman–Crippen LogP) is 2.20. The molecule has 8 heteroatoms. The van der Waals surface area contributed by atoms with Crippen LogP contribution in [0.2, 0.25) is 0 Å². The largest absolute Gasteiger partial charge is 0.347 e. The molecule has 1 aromatic carbocycles. The van der Waals surface area contributed by atoms with Gasteiger partial charge in [0.2, 0.25) is 5.65 Å². The number of benzene rings is 1. The molecule has 0 amide bonds. The minimum absolute atomic E-state index is 0.00579. The van der Waals surface area contributed by atoms with Crippen LogP contribution in [0.5, 0.6) is 0 Å². The first-order chi connectivity index (χ1) is 17.0. The quantitative estimate of drug-likeness (QED) is 0.420. The number of hydrogen-bond acceptors (Lipinski definition) is 6. The van der Waals surface area contributed by atoms with E-state index in [1.807, 2.05) is 6.20 Å². The second kappa shape index (κ2) is 9.48. The molecule has 8 nitrogen and oxygen atoms in total. The third-order valence-electron chi connectivity index (χ3n) is 8.19. The van der Waals surface area contributed by atoms with Crippen molar-refractivity contribution >= 4 is 27.8 Å². The fourth-order valence-electron chi connectivity index (χ4n) is 5.66. The Morgan fingerprint density at radius 3 is 2.46 bits per heavy atom. The lowest BCUT2D eigenvalue weighted by Gasteiger charge is -2.32. The lowest BCUT2D eigenvalue weighted by molar-refractivity contribution is -0.692. The van der Waals surface area contributed by atoms with Crippen LogP contribution >= 0.6 is 0 Å². The number of fused-ring (bicyclic) bond motifs is 3. The zero-order valence-corrected chi connectivity index (χ0v) is 21.1. The molecule has 2 aliphatic heterocycles. The van der Waals surface area contributed by atoms with Crippen molar-refractivity contribution < 1.29 is 4.57 Å². The molecule has 35 heavy (non-hydrogen) atoms. The predicted molar refractivity (Wildman–Crippen MR) is 140 cm³/mol. The topological polar surface area (TPSA) is 71.4 Å². The minimum atomic E-state index is -0.00579. The maximum Gasteiger partial charge on any atom is 0.347 e. The van der Waals surface area contributed by atoms with Gasteiger partial charge in [-0.3, -0.25) is 20.0 Å². The summed E-state index contributed by atoms with van der Waals surface area (Å²) in [4.78, 5) is 28.8. The molecule has 0 bridgehead atoms. The van der Waals surface area contributed by atoms with Gasteiger partial charge in [0.05, 0.1) is 23.4 Å². The Morgan fingerprint density at radius 1 is 0.971 bits per heavy atom. The molecule has 0 unspecified atom stereocenters. The van der Waals surface area contributed by atoms with E-state index in [0.29, 0.717) is 6.04 Å². The van der Waals surface area contributed by atoms with E-state index < -0.39 is 0 Å². The molecule has 1 aliphatic carbocycles. The van der Waals surface area contributed by atoms with Gasteiger partial charge < -0.3 is 9.80 Å². The third-order valence-corrected chi connectivity index (χ3v) is 8.19. The van der Waals surface area contributed by atoms with Crippen LogP contribution in [0.1, 0.15) is 37.3 Å². The molecule has 2 saturated heterocycles. The SMILES string of the molecule is CN1CCC([n+]2c(NCC3CC3)ncc3c4ccc(CN5CCN(C)CC5)cc4c(=O)[nH]c32)CC1. The van der Waals surface area contributed by atoms with Crippen molar-refractivity contribution in [2.24, 2.45) is 5.92 Å². The van der Waals surface area contributed by atoms with Crippen molar-refractivity contribution in [3.8, 4) is 0 Å². The number of likely N-dealkylation sites (tertiary alicyclic amines) is 1. The van der Waals surface area contributed by atoms with Crippen molar-refractivity contribution in [1.82, 2.24) is 24.7 Å². The van der Waals surface area contributed by atoms with Gasteiger partial charge in [-0.15, -0.1) is 4.98 Å². The van der Waals surface area contributed by atoms with Gasteiger partial charge in [-0.1, -0.05) is 12.1 Å². The summed E-state index contributed by atoms with van der Waals surface area (Å²) in [5, 5.41) is 6.40. The van der Waals surface area contributed by atoms with Gasteiger partial charge in [0.25, 0.3) is 5.56 Å². The summed E-state index contributed by atoms with van der Waals surface area (Å²) < 4.78 is 2.30. The van der Waals surface area contributed by atoms with Crippen molar-refractivity contribution in [3.05, 3.63) is 40.3 Å². The summed E-state index contributed by atoms with van der Waals surface area (Å²) in [7, 11) is 4.36. The zero-order chi connectivity index (χ0) is 23.9. The van der Waals surface area contributed by atoms with E-state index in [0.717, 1.165) is 98.9 Å². The summed E-state index contributed by atoms with van der Waals surface area (Å²) in [6, 6.07) is 6.74. The van der Waals surface area contributed by atoms with Gasteiger partial charge in [-0.05, 0) is 57.3 Å². The Bertz CT molecular complexity index is 1270. The van der Waals surface area contributed by atoms with E-state index in [9.17, 15) is 4.79 Å². The van der Waals surface area contributed by atoms with Crippen LogP contribution in [-0.4, -0.2) is 84.6 Å². The molecule has 2 aromatic heterocycles. The van der Waals surface area contributed by atoms with Crippen LogP contribution in [0.4, 0.5) is 5.95 Å². The number of nitrogens with one attached hydrogen (secondary N) is 2. The number of anilines is 1. The number of rotatable bonds is 6. The van der Waals surface area contributed by atoms with Gasteiger partial charge in [-0.2, -0.15) is 0 Å². The van der Waals surface area contributed by atoms with E-state index in [4.69, 9.17) is 4.98 Å². The van der Waals surface area contributed by atoms with Crippen molar-refractivity contribution in [2.45, 2.75) is 38.3 Å². The molecule has 2 N–H and O–H groups in total. The molecule has 186 valence electrons. The number of nitrogens with zero attached hydrogens (tertiary/aromatic N) is 5. The Labute approximate surface area is 206 Å². The first kappa shape index (κ1) is 22.9. The summed E-state index contributed by atoms with van der Waals surface area (Å²) in [5.41, 5.74) is 2.09. The smallest absolute Gasteiger partial charge is 0.306 e. The van der Waals surface area contributed by atoms with E-state index in [-0.39, 0.29) is 5.56 Å². The maximum atomic E-state index is 13.4. The fraction of sp³-hybridized carbons (Fsp3) is 0.593. The second-order valence-electron chi connectivity index (χ2n) is 11.0. The lowest BCUT2D eigenvalue weighted by atomic mass is 10.0. The van der Waals surface area contributed by atoms with Crippen molar-refractivity contribution in [2.75, 3.05) is 65.2 Å². The molecule has 3 aromatic rings. The van der Waals surface area contributed by atoms with Crippen molar-refractivity contribution in [1.29, 1.82) is 0 Å². The Balaban J connectivity index is 1.39. The molecule has 0 spiro atoms. The molecule has 6 rings (SSSR count). The van der Waals surface area contributed by atoms with E-state index in [1.54, 1.807) is 0 Å². The van der Waals surface area contributed by atoms with E-state index in [2.05, 4.69) is 61.9 Å². The molecule has 0 atom stereocenters. The zero-order valence-electron chi connectivity index (χ0n) is 21.1. The number of aromatic nitrogens is 3. The third kappa shape index (κ3) is 4.79. The number of aromatic amines is 1. The first-order valence-electron chi connectivity index (χ1n) is 13.3. The van der Waals surface area contributed by atoms with Gasteiger partial charge in [0.15, 0.2) is 0 Å². The number of pyridine rings is 1. The Hall–Kier alpha value is -2.55. The highest BCUT2D eigenvalue weighted by Crippen LogP contribution is 2.29. The Morgan fingerprint density at radius 2 is 1.71 bits per heavy atom. The maximum absolute atomic E-state index is 13.4. The number of likely N-dealkylation sites (N-methyl/N-ethyl adjacent to an activating group) is 1. The summed E-state index contributed by atoms with van der Waals surface area (Å²) in [5.74, 6) is 1.65. The normalized spacial score (nSPS) is 21.2. The average molecular weight is 477 g/mol. The van der Waals surface area contributed by atoms with Gasteiger partial charge >= 0.3 is 5.95 Å². The van der Waals surface area contributed by atoms with Crippen LogP contribution in [0.25, 0.3) is 21.8 Å².